The Kier molecular flexibility index (Phi) is 3.06. The van der Waals surface area contributed by atoms with Crippen LogP contribution < -0.4 is 4.74 Å². The van der Waals surface area contributed by atoms with Crippen LogP contribution in [0, 0.1) is 5.92 Å². The second kappa shape index (κ2) is 4.28. The molecule has 0 amide bonds. The van der Waals surface area contributed by atoms with Gasteiger partial charge in [0.1, 0.15) is 5.75 Å². The number of hydrogen-bond donors (Lipinski definition) is 1. The highest BCUT2D eigenvalue weighted by atomic mass is 32.2. The van der Waals surface area contributed by atoms with Gasteiger partial charge in [0.05, 0.1) is 18.3 Å². The second-order valence-electron chi connectivity index (χ2n) is 4.46. The summed E-state index contributed by atoms with van der Waals surface area (Å²) in [7, 11) is -1.82. The molecule has 1 aromatic rings. The Hall–Kier alpha value is -1.56. The Morgan fingerprint density at radius 2 is 1.83 bits per heavy atom. The molecule has 2 rings (SSSR count). The van der Waals surface area contributed by atoms with E-state index < -0.39 is 32.9 Å². The molecule has 0 aliphatic heterocycles. The fourth-order valence-corrected chi connectivity index (χ4v) is 3.92. The molecule has 1 saturated carbocycles. The van der Waals surface area contributed by atoms with Crippen molar-refractivity contribution in [1.82, 2.24) is 0 Å². The summed E-state index contributed by atoms with van der Waals surface area (Å²) in [5.41, 5.74) is 0.721. The molecule has 0 aromatic heterocycles. The normalized spacial score (nSPS) is 26.7. The van der Waals surface area contributed by atoms with Gasteiger partial charge in [-0.25, -0.2) is 8.42 Å². The van der Waals surface area contributed by atoms with Crippen LogP contribution in [0.5, 0.6) is 5.75 Å². The van der Waals surface area contributed by atoms with E-state index in [1.54, 1.807) is 24.3 Å². The monoisotopic (exact) mass is 270 g/mol. The van der Waals surface area contributed by atoms with Crippen molar-refractivity contribution >= 4 is 15.8 Å². The maximum atomic E-state index is 11.5. The largest absolute Gasteiger partial charge is 0.497 e. The standard InChI is InChI=1S/C12H14O5S/c1-17-8-5-3-7(4-6-8)9-10(12(13)14)11(9)18(2,15)16/h3-6,9-11H,1-2H3,(H,13,14)/t9-,10+,11+/m0/s1. The van der Waals surface area contributed by atoms with E-state index in [4.69, 9.17) is 9.84 Å². The van der Waals surface area contributed by atoms with Gasteiger partial charge in [0.15, 0.2) is 9.84 Å². The number of hydrogen-bond acceptors (Lipinski definition) is 4. The van der Waals surface area contributed by atoms with Crippen LogP contribution in [0.3, 0.4) is 0 Å². The first-order valence-corrected chi connectivity index (χ1v) is 7.37. The van der Waals surface area contributed by atoms with Gasteiger partial charge in [-0.15, -0.1) is 0 Å². The van der Waals surface area contributed by atoms with Gasteiger partial charge < -0.3 is 9.84 Å². The maximum Gasteiger partial charge on any atom is 0.308 e. The number of carboxylic acids is 1. The molecule has 0 unspecified atom stereocenters. The quantitative estimate of drug-likeness (QED) is 0.879. The summed E-state index contributed by atoms with van der Waals surface area (Å²) in [6.07, 6.45) is 1.08. The molecule has 0 bridgehead atoms. The molecule has 1 aliphatic carbocycles. The van der Waals surface area contributed by atoms with Gasteiger partial charge in [-0.3, -0.25) is 4.79 Å². The molecule has 6 heteroatoms. The minimum atomic E-state index is -3.35. The molecule has 98 valence electrons. The van der Waals surface area contributed by atoms with Gasteiger partial charge in [0.2, 0.25) is 0 Å². The zero-order valence-corrected chi connectivity index (χ0v) is 10.8. The molecule has 0 heterocycles. The van der Waals surface area contributed by atoms with Crippen molar-refractivity contribution in [2.75, 3.05) is 13.4 Å². The van der Waals surface area contributed by atoms with E-state index >= 15 is 0 Å². The number of carboxylic acid groups (broad SMARTS) is 1. The van der Waals surface area contributed by atoms with Crippen molar-refractivity contribution in [1.29, 1.82) is 0 Å². The van der Waals surface area contributed by atoms with Gasteiger partial charge in [-0.1, -0.05) is 12.1 Å². The lowest BCUT2D eigenvalue weighted by molar-refractivity contribution is -0.138. The summed E-state index contributed by atoms with van der Waals surface area (Å²) in [4.78, 5) is 11.0. The van der Waals surface area contributed by atoms with Gasteiger partial charge >= 0.3 is 5.97 Å². The van der Waals surface area contributed by atoms with Crippen molar-refractivity contribution in [2.45, 2.75) is 11.2 Å². The third-order valence-corrected chi connectivity index (χ3v) is 4.81. The highest BCUT2D eigenvalue weighted by Crippen LogP contribution is 2.52. The average Bonchev–Trinajstić information content (AvgIpc) is 3.04. The molecule has 0 spiro atoms. The van der Waals surface area contributed by atoms with E-state index in [1.165, 1.54) is 7.11 Å². The lowest BCUT2D eigenvalue weighted by Crippen LogP contribution is -2.10. The average molecular weight is 270 g/mol. The smallest absolute Gasteiger partial charge is 0.308 e. The highest BCUT2D eigenvalue weighted by molar-refractivity contribution is 7.91. The predicted octanol–water partition coefficient (Wildman–Crippen LogP) is 0.906. The second-order valence-corrected chi connectivity index (χ2v) is 6.66. The van der Waals surface area contributed by atoms with Crippen molar-refractivity contribution in [3.05, 3.63) is 29.8 Å². The number of sulfone groups is 1. The van der Waals surface area contributed by atoms with E-state index in [-0.39, 0.29) is 0 Å². The van der Waals surface area contributed by atoms with Crippen LogP contribution in [-0.2, 0) is 14.6 Å². The molecule has 1 fully saturated rings. The first-order chi connectivity index (χ1) is 8.36. The zero-order valence-electron chi connectivity index (χ0n) is 10.0. The number of rotatable bonds is 4. The lowest BCUT2D eigenvalue weighted by atomic mass is 10.1. The van der Waals surface area contributed by atoms with Gasteiger partial charge in [0, 0.05) is 12.2 Å². The molecular formula is C12H14O5S. The van der Waals surface area contributed by atoms with Crippen molar-refractivity contribution in [3.63, 3.8) is 0 Å². The van der Waals surface area contributed by atoms with Gasteiger partial charge in [0.25, 0.3) is 0 Å². The SMILES string of the molecule is COc1ccc([C@H]2[C@@H](C(=O)O)[C@@H]2S(C)(=O)=O)cc1. The molecule has 0 radical (unpaired) electrons. The Bertz CT molecular complexity index is 561. The number of methoxy groups -OCH3 is 1. The molecule has 1 aromatic carbocycles. The first-order valence-electron chi connectivity index (χ1n) is 5.42. The van der Waals surface area contributed by atoms with Crippen LogP contribution in [0.1, 0.15) is 11.5 Å². The van der Waals surface area contributed by atoms with E-state index in [0.717, 1.165) is 11.8 Å². The molecular weight excluding hydrogens is 256 g/mol. The van der Waals surface area contributed by atoms with Crippen LogP contribution in [-0.4, -0.2) is 38.1 Å². The lowest BCUT2D eigenvalue weighted by Gasteiger charge is -2.02. The van der Waals surface area contributed by atoms with E-state index in [9.17, 15) is 13.2 Å². The topological polar surface area (TPSA) is 80.7 Å². The number of aliphatic carboxylic acids is 1. The predicted molar refractivity (Wildman–Crippen MR) is 65.5 cm³/mol. The summed E-state index contributed by atoms with van der Waals surface area (Å²) < 4.78 is 28.1. The summed E-state index contributed by atoms with van der Waals surface area (Å²) in [5.74, 6) is -1.70. The molecule has 18 heavy (non-hydrogen) atoms. The van der Waals surface area contributed by atoms with Crippen LogP contribution in [0.15, 0.2) is 24.3 Å². The zero-order chi connectivity index (χ0) is 13.5. The minimum absolute atomic E-state index is 0.455. The third-order valence-electron chi connectivity index (χ3n) is 3.23. The highest BCUT2D eigenvalue weighted by Gasteiger charge is 2.61. The van der Waals surface area contributed by atoms with Gasteiger partial charge in [-0.2, -0.15) is 0 Å². The Morgan fingerprint density at radius 3 is 2.17 bits per heavy atom. The van der Waals surface area contributed by atoms with Gasteiger partial charge in [-0.05, 0) is 17.7 Å². The summed E-state index contributed by atoms with van der Waals surface area (Å²) in [5, 5.41) is 8.21. The minimum Gasteiger partial charge on any atom is -0.497 e. The fraction of sp³-hybridized carbons (Fsp3) is 0.417. The summed E-state index contributed by atoms with van der Waals surface area (Å²) >= 11 is 0. The number of ether oxygens (including phenoxy) is 1. The van der Waals surface area contributed by atoms with Crippen molar-refractivity contribution in [2.24, 2.45) is 5.92 Å². The number of carbonyl (C=O) groups is 1. The van der Waals surface area contributed by atoms with Crippen molar-refractivity contribution < 1.29 is 23.1 Å². The van der Waals surface area contributed by atoms with E-state index in [2.05, 4.69) is 0 Å². The van der Waals surface area contributed by atoms with E-state index in [1.807, 2.05) is 0 Å². The molecule has 1 aliphatic rings. The van der Waals surface area contributed by atoms with Crippen molar-refractivity contribution in [3.8, 4) is 5.75 Å². The first kappa shape index (κ1) is 12.9. The maximum absolute atomic E-state index is 11.5. The molecule has 1 N–H and O–H groups in total. The third kappa shape index (κ3) is 2.20. The van der Waals surface area contributed by atoms with Crippen LogP contribution in [0.25, 0.3) is 0 Å². The van der Waals surface area contributed by atoms with E-state index in [0.29, 0.717) is 5.75 Å². The summed E-state index contributed by atoms with van der Waals surface area (Å²) in [6.45, 7) is 0. The Labute approximate surface area is 105 Å². The fourth-order valence-electron chi connectivity index (χ4n) is 2.33. The molecule has 0 saturated heterocycles. The summed E-state index contributed by atoms with van der Waals surface area (Å²) in [6, 6.07) is 6.83. The van der Waals surface area contributed by atoms with Crippen LogP contribution in [0.4, 0.5) is 0 Å². The molecule has 3 atom stereocenters. The Morgan fingerprint density at radius 1 is 1.28 bits per heavy atom. The Balaban J connectivity index is 2.30. The van der Waals surface area contributed by atoms with Crippen LogP contribution >= 0.6 is 0 Å². The number of benzene rings is 1. The van der Waals surface area contributed by atoms with Crippen LogP contribution in [0.2, 0.25) is 0 Å². The molecule has 5 nitrogen and oxygen atoms in total.